The molecule has 5 heteroatoms. The van der Waals surface area contributed by atoms with Gasteiger partial charge in [0.1, 0.15) is 5.25 Å². The Morgan fingerprint density at radius 1 is 0.800 bits per heavy atom. The van der Waals surface area contributed by atoms with E-state index in [1.807, 2.05) is 67.7 Å². The van der Waals surface area contributed by atoms with E-state index >= 15 is 0 Å². The number of likely N-dealkylation sites (N-methyl/N-ethyl adjacent to an activating group) is 1. The molecule has 0 unspecified atom stereocenters. The maximum absolute atomic E-state index is 13.6. The SMILES string of the molecule is CN1CCN(S(=O)(=O)C2c3ccccc3C=Cc3ccccc32)CC1. The normalized spacial score (nSPS) is 19.2. The molecule has 1 aliphatic heterocycles. The smallest absolute Gasteiger partial charge is 0.225 e. The average Bonchev–Trinajstić information content (AvgIpc) is 2.79. The van der Waals surface area contributed by atoms with E-state index in [0.29, 0.717) is 13.1 Å². The lowest BCUT2D eigenvalue weighted by atomic mass is 9.99. The van der Waals surface area contributed by atoms with E-state index in [2.05, 4.69) is 4.90 Å². The van der Waals surface area contributed by atoms with E-state index in [1.165, 1.54) is 0 Å². The van der Waals surface area contributed by atoms with Gasteiger partial charge >= 0.3 is 0 Å². The quantitative estimate of drug-likeness (QED) is 0.833. The summed E-state index contributed by atoms with van der Waals surface area (Å²) < 4.78 is 28.9. The number of rotatable bonds is 2. The van der Waals surface area contributed by atoms with Crippen molar-refractivity contribution in [2.45, 2.75) is 5.25 Å². The van der Waals surface area contributed by atoms with Crippen LogP contribution in [0.5, 0.6) is 0 Å². The highest BCUT2D eigenvalue weighted by Gasteiger charge is 2.38. The minimum Gasteiger partial charge on any atom is -0.304 e. The maximum Gasteiger partial charge on any atom is 0.225 e. The van der Waals surface area contributed by atoms with Crippen molar-refractivity contribution in [3.63, 3.8) is 0 Å². The summed E-state index contributed by atoms with van der Waals surface area (Å²) in [5, 5.41) is -0.654. The van der Waals surface area contributed by atoms with Gasteiger partial charge in [-0.3, -0.25) is 0 Å². The highest BCUT2D eigenvalue weighted by Crippen LogP contribution is 2.39. The Morgan fingerprint density at radius 3 is 1.80 bits per heavy atom. The van der Waals surface area contributed by atoms with E-state index in [1.54, 1.807) is 4.31 Å². The van der Waals surface area contributed by atoms with Crippen molar-refractivity contribution in [3.8, 4) is 0 Å². The van der Waals surface area contributed by atoms with Crippen LogP contribution < -0.4 is 0 Å². The van der Waals surface area contributed by atoms with Crippen LogP contribution in [0.3, 0.4) is 0 Å². The zero-order valence-corrected chi connectivity index (χ0v) is 15.1. The topological polar surface area (TPSA) is 40.6 Å². The summed E-state index contributed by atoms with van der Waals surface area (Å²) in [5.74, 6) is 0. The first-order chi connectivity index (χ1) is 12.1. The molecule has 0 aromatic heterocycles. The fourth-order valence-electron chi connectivity index (χ4n) is 3.66. The number of piperazine rings is 1. The summed E-state index contributed by atoms with van der Waals surface area (Å²) in [4.78, 5) is 2.17. The van der Waals surface area contributed by atoms with Crippen molar-refractivity contribution in [1.29, 1.82) is 0 Å². The molecule has 4 rings (SSSR count). The third-order valence-electron chi connectivity index (χ3n) is 5.12. The Balaban J connectivity index is 1.87. The van der Waals surface area contributed by atoms with Crippen LogP contribution in [-0.4, -0.2) is 50.8 Å². The number of sulfonamides is 1. The zero-order valence-electron chi connectivity index (χ0n) is 14.3. The summed E-state index contributed by atoms with van der Waals surface area (Å²) in [6.45, 7) is 2.64. The maximum atomic E-state index is 13.6. The van der Waals surface area contributed by atoms with E-state index in [4.69, 9.17) is 0 Å². The number of hydrogen-bond donors (Lipinski definition) is 0. The Morgan fingerprint density at radius 2 is 1.28 bits per heavy atom. The van der Waals surface area contributed by atoms with Gasteiger partial charge < -0.3 is 4.90 Å². The van der Waals surface area contributed by atoms with E-state index in [9.17, 15) is 8.42 Å². The van der Waals surface area contributed by atoms with Gasteiger partial charge in [0.15, 0.2) is 0 Å². The minimum absolute atomic E-state index is 0.549. The van der Waals surface area contributed by atoms with Crippen LogP contribution in [-0.2, 0) is 10.0 Å². The van der Waals surface area contributed by atoms with Gasteiger partial charge in [-0.05, 0) is 29.3 Å². The molecule has 1 saturated heterocycles. The molecule has 1 fully saturated rings. The van der Waals surface area contributed by atoms with Gasteiger partial charge in [-0.2, -0.15) is 4.31 Å². The summed E-state index contributed by atoms with van der Waals surface area (Å²) in [5.41, 5.74) is 3.67. The van der Waals surface area contributed by atoms with Gasteiger partial charge in [0.25, 0.3) is 0 Å². The summed E-state index contributed by atoms with van der Waals surface area (Å²) in [6.07, 6.45) is 4.04. The molecule has 0 bridgehead atoms. The van der Waals surface area contributed by atoms with Crippen LogP contribution in [0.15, 0.2) is 48.5 Å². The molecule has 0 N–H and O–H groups in total. The third kappa shape index (κ3) is 2.92. The Bertz CT molecular complexity index is 863. The molecule has 0 spiro atoms. The first-order valence-electron chi connectivity index (χ1n) is 8.61. The van der Waals surface area contributed by atoms with Crippen molar-refractivity contribution in [2.75, 3.05) is 33.2 Å². The first kappa shape index (κ1) is 16.5. The number of benzene rings is 2. The molecule has 0 saturated carbocycles. The molecule has 0 radical (unpaired) electrons. The predicted octanol–water partition coefficient (Wildman–Crippen LogP) is 2.84. The summed E-state index contributed by atoms with van der Waals surface area (Å²) in [6, 6.07) is 15.6. The second kappa shape index (κ2) is 6.41. The molecule has 4 nitrogen and oxygen atoms in total. The monoisotopic (exact) mass is 354 g/mol. The highest BCUT2D eigenvalue weighted by atomic mass is 32.2. The standard InChI is InChI=1S/C20H22N2O2S/c1-21-12-14-22(15-13-21)25(23,24)20-18-8-4-2-6-16(18)10-11-17-7-3-5-9-19(17)20/h2-11,20H,12-15H2,1H3. The van der Waals surface area contributed by atoms with Gasteiger partial charge in [-0.25, -0.2) is 8.42 Å². The highest BCUT2D eigenvalue weighted by molar-refractivity contribution is 7.89. The number of nitrogens with zero attached hydrogens (tertiary/aromatic N) is 2. The molecule has 2 aliphatic rings. The summed E-state index contributed by atoms with van der Waals surface area (Å²) >= 11 is 0. The fraction of sp³-hybridized carbons (Fsp3) is 0.300. The van der Waals surface area contributed by atoms with Gasteiger partial charge in [-0.15, -0.1) is 0 Å². The second-order valence-electron chi connectivity index (χ2n) is 6.72. The summed E-state index contributed by atoms with van der Waals surface area (Å²) in [7, 11) is -1.46. The van der Waals surface area contributed by atoms with Crippen molar-refractivity contribution in [3.05, 3.63) is 70.8 Å². The van der Waals surface area contributed by atoms with Crippen molar-refractivity contribution < 1.29 is 8.42 Å². The molecule has 0 atom stereocenters. The van der Waals surface area contributed by atoms with Crippen molar-refractivity contribution in [2.24, 2.45) is 0 Å². The van der Waals surface area contributed by atoms with Crippen LogP contribution in [0.2, 0.25) is 0 Å². The molecule has 0 amide bonds. The lowest BCUT2D eigenvalue weighted by Gasteiger charge is -2.34. The zero-order chi connectivity index (χ0) is 17.4. The van der Waals surface area contributed by atoms with Crippen LogP contribution in [0, 0.1) is 0 Å². The van der Waals surface area contributed by atoms with Crippen LogP contribution >= 0.6 is 0 Å². The molecular weight excluding hydrogens is 332 g/mol. The Kier molecular flexibility index (Phi) is 4.23. The largest absolute Gasteiger partial charge is 0.304 e. The van der Waals surface area contributed by atoms with Crippen molar-refractivity contribution in [1.82, 2.24) is 9.21 Å². The van der Waals surface area contributed by atoms with E-state index in [0.717, 1.165) is 35.3 Å². The Hall–Kier alpha value is -1.95. The number of hydrogen-bond acceptors (Lipinski definition) is 3. The van der Waals surface area contributed by atoms with E-state index < -0.39 is 15.3 Å². The Labute approximate surface area is 149 Å². The predicted molar refractivity (Wildman–Crippen MR) is 102 cm³/mol. The second-order valence-corrected chi connectivity index (χ2v) is 8.74. The molecule has 25 heavy (non-hydrogen) atoms. The molecular formula is C20H22N2O2S. The van der Waals surface area contributed by atoms with Gasteiger partial charge in [0.05, 0.1) is 0 Å². The lowest BCUT2D eigenvalue weighted by Crippen LogP contribution is -2.48. The fourth-order valence-corrected chi connectivity index (χ4v) is 5.70. The van der Waals surface area contributed by atoms with Gasteiger partial charge in [0.2, 0.25) is 10.0 Å². The molecule has 1 heterocycles. The average molecular weight is 354 g/mol. The van der Waals surface area contributed by atoms with Crippen molar-refractivity contribution >= 4 is 22.2 Å². The number of fused-ring (bicyclic) bond motifs is 2. The van der Waals surface area contributed by atoms with Crippen LogP contribution in [0.1, 0.15) is 27.5 Å². The molecule has 2 aromatic carbocycles. The molecule has 1 aliphatic carbocycles. The van der Waals surface area contributed by atoms with Gasteiger partial charge in [-0.1, -0.05) is 60.7 Å². The lowest BCUT2D eigenvalue weighted by molar-refractivity contribution is 0.221. The van der Waals surface area contributed by atoms with Crippen LogP contribution in [0.4, 0.5) is 0 Å². The molecule has 2 aromatic rings. The first-order valence-corrected chi connectivity index (χ1v) is 10.1. The van der Waals surface area contributed by atoms with E-state index in [-0.39, 0.29) is 0 Å². The molecule has 130 valence electrons. The van der Waals surface area contributed by atoms with Gasteiger partial charge in [0, 0.05) is 26.2 Å². The third-order valence-corrected chi connectivity index (χ3v) is 7.31. The minimum atomic E-state index is -3.49. The van der Waals surface area contributed by atoms with Crippen LogP contribution in [0.25, 0.3) is 12.2 Å².